The highest BCUT2D eigenvalue weighted by molar-refractivity contribution is 14.1. The number of alkyl halides is 1. The molecule has 0 aromatic carbocycles. The van der Waals surface area contributed by atoms with Gasteiger partial charge in [0.05, 0.1) is 7.11 Å². The molecule has 0 radical (unpaired) electrons. The summed E-state index contributed by atoms with van der Waals surface area (Å²) in [5.41, 5.74) is 0. The maximum Gasteiger partial charge on any atom is 0.225 e. The van der Waals surface area contributed by atoms with Crippen LogP contribution in [0.5, 0.6) is 5.88 Å². The molecule has 0 atom stereocenters. The van der Waals surface area contributed by atoms with E-state index in [0.29, 0.717) is 0 Å². The molecule has 1 heterocycles. The van der Waals surface area contributed by atoms with E-state index in [2.05, 4.69) is 27.0 Å². The molecule has 0 fully saturated rings. The summed E-state index contributed by atoms with van der Waals surface area (Å²) in [4.78, 5) is 1.26. The number of methoxy groups -OCH3 is 1. The summed E-state index contributed by atoms with van der Waals surface area (Å²) in [7, 11) is 1.63. The number of aromatic nitrogens is 1. The van der Waals surface area contributed by atoms with Crippen molar-refractivity contribution in [2.24, 2.45) is 0 Å². The van der Waals surface area contributed by atoms with Crippen LogP contribution in [0, 0.1) is 0 Å². The van der Waals surface area contributed by atoms with Gasteiger partial charge in [0.15, 0.2) is 0 Å². The fraction of sp³-hybridized carbons (Fsp3) is 0.400. The number of hydrogen-bond donors (Lipinski definition) is 0. The lowest BCUT2D eigenvalue weighted by molar-refractivity contribution is 0.402. The Labute approximate surface area is 71.5 Å². The fourth-order valence-electron chi connectivity index (χ4n) is 0.453. The Morgan fingerprint density at radius 2 is 2.67 bits per heavy atom. The molecule has 0 saturated heterocycles. The minimum absolute atomic E-state index is 0.728. The molecule has 4 heteroatoms. The van der Waals surface area contributed by atoms with Crippen LogP contribution in [0.3, 0.4) is 0 Å². The smallest absolute Gasteiger partial charge is 0.225 e. The molecule has 0 aliphatic heterocycles. The topological polar surface area (TPSA) is 22.1 Å². The monoisotopic (exact) mass is 255 g/mol. The van der Waals surface area contributed by atoms with Crippen molar-refractivity contribution in [3.05, 3.63) is 10.9 Å². The van der Waals surface area contributed by atoms with Crippen LogP contribution in [0.4, 0.5) is 0 Å². The molecule has 0 spiro atoms. The number of nitrogens with zero attached hydrogens (tertiary/aromatic N) is 1. The van der Waals surface area contributed by atoms with E-state index < -0.39 is 0 Å². The molecule has 0 amide bonds. The largest absolute Gasteiger partial charge is 0.480 e. The van der Waals surface area contributed by atoms with Crippen LogP contribution in [-0.4, -0.2) is 11.5 Å². The SMILES string of the molecule is COc1cc(CI)sn1. The van der Waals surface area contributed by atoms with Crippen LogP contribution in [0.2, 0.25) is 0 Å². The number of hydrogen-bond acceptors (Lipinski definition) is 3. The molecule has 0 aliphatic rings. The highest BCUT2D eigenvalue weighted by atomic mass is 127. The Hall–Kier alpha value is 0.160. The third-order valence-electron chi connectivity index (χ3n) is 0.878. The first-order chi connectivity index (χ1) is 4.36. The van der Waals surface area contributed by atoms with Crippen molar-refractivity contribution in [1.82, 2.24) is 4.37 Å². The predicted octanol–water partition coefficient (Wildman–Crippen LogP) is 2.09. The zero-order valence-corrected chi connectivity index (χ0v) is 7.90. The van der Waals surface area contributed by atoms with E-state index in [1.807, 2.05) is 6.07 Å². The van der Waals surface area contributed by atoms with Crippen LogP contribution in [-0.2, 0) is 4.43 Å². The minimum Gasteiger partial charge on any atom is -0.480 e. The number of halogens is 1. The zero-order chi connectivity index (χ0) is 6.69. The maximum atomic E-state index is 4.89. The quantitative estimate of drug-likeness (QED) is 0.596. The van der Waals surface area contributed by atoms with Gasteiger partial charge < -0.3 is 4.74 Å². The summed E-state index contributed by atoms with van der Waals surface area (Å²) in [5, 5.41) is 0. The van der Waals surface area contributed by atoms with Gasteiger partial charge in [0.2, 0.25) is 5.88 Å². The second-order valence-electron chi connectivity index (χ2n) is 1.47. The van der Waals surface area contributed by atoms with E-state index in [0.717, 1.165) is 10.3 Å². The Morgan fingerprint density at radius 3 is 3.00 bits per heavy atom. The van der Waals surface area contributed by atoms with E-state index in [1.54, 1.807) is 7.11 Å². The van der Waals surface area contributed by atoms with Crippen molar-refractivity contribution >= 4 is 34.1 Å². The van der Waals surface area contributed by atoms with Gasteiger partial charge in [-0.25, -0.2) is 0 Å². The molecule has 0 saturated carbocycles. The number of rotatable bonds is 2. The minimum atomic E-state index is 0.728. The van der Waals surface area contributed by atoms with Crippen molar-refractivity contribution in [3.63, 3.8) is 0 Å². The molecule has 0 bridgehead atoms. The van der Waals surface area contributed by atoms with Crippen LogP contribution in [0.1, 0.15) is 4.88 Å². The van der Waals surface area contributed by atoms with Gasteiger partial charge in [-0.2, -0.15) is 4.37 Å². The van der Waals surface area contributed by atoms with Gasteiger partial charge in [0.1, 0.15) is 0 Å². The van der Waals surface area contributed by atoms with Crippen LogP contribution in [0.15, 0.2) is 6.07 Å². The summed E-state index contributed by atoms with van der Waals surface area (Å²) in [6, 6.07) is 1.96. The summed E-state index contributed by atoms with van der Waals surface area (Å²) in [5.74, 6) is 0.728. The molecule has 1 rings (SSSR count). The molecule has 2 nitrogen and oxygen atoms in total. The van der Waals surface area contributed by atoms with Crippen LogP contribution >= 0.6 is 34.1 Å². The average molecular weight is 255 g/mol. The normalized spacial score (nSPS) is 9.56. The van der Waals surface area contributed by atoms with E-state index in [4.69, 9.17) is 4.74 Å². The van der Waals surface area contributed by atoms with Crippen molar-refractivity contribution in [3.8, 4) is 5.88 Å². The highest BCUT2D eigenvalue weighted by Crippen LogP contribution is 2.18. The molecule has 0 unspecified atom stereocenters. The van der Waals surface area contributed by atoms with Crippen molar-refractivity contribution in [2.75, 3.05) is 7.11 Å². The van der Waals surface area contributed by atoms with Crippen LogP contribution in [0.25, 0.3) is 0 Å². The van der Waals surface area contributed by atoms with Gasteiger partial charge >= 0.3 is 0 Å². The Kier molecular flexibility index (Phi) is 2.71. The molecular weight excluding hydrogens is 249 g/mol. The molecule has 0 aliphatic carbocycles. The predicted molar refractivity (Wildman–Crippen MR) is 46.4 cm³/mol. The third-order valence-corrected chi connectivity index (χ3v) is 2.99. The molecular formula is C5H6INOS. The summed E-state index contributed by atoms with van der Waals surface area (Å²) in [6.45, 7) is 0. The molecule has 9 heavy (non-hydrogen) atoms. The van der Waals surface area contributed by atoms with Gasteiger partial charge in [-0.05, 0) is 11.5 Å². The van der Waals surface area contributed by atoms with Gasteiger partial charge in [0, 0.05) is 15.4 Å². The van der Waals surface area contributed by atoms with Crippen molar-refractivity contribution < 1.29 is 4.74 Å². The molecule has 50 valence electrons. The lowest BCUT2D eigenvalue weighted by Crippen LogP contribution is -1.78. The summed E-state index contributed by atoms with van der Waals surface area (Å²) < 4.78 is 9.93. The van der Waals surface area contributed by atoms with Gasteiger partial charge in [-0.15, -0.1) is 0 Å². The summed E-state index contributed by atoms with van der Waals surface area (Å²) in [6.07, 6.45) is 0. The molecule has 1 aromatic rings. The van der Waals surface area contributed by atoms with E-state index >= 15 is 0 Å². The van der Waals surface area contributed by atoms with E-state index in [9.17, 15) is 0 Å². The first-order valence-corrected chi connectivity index (χ1v) is 4.72. The fourth-order valence-corrected chi connectivity index (χ4v) is 1.63. The Balaban J connectivity index is 2.74. The average Bonchev–Trinajstić information content (AvgIpc) is 2.34. The summed E-state index contributed by atoms with van der Waals surface area (Å²) >= 11 is 3.79. The first kappa shape index (κ1) is 7.27. The zero-order valence-electron chi connectivity index (χ0n) is 4.93. The van der Waals surface area contributed by atoms with E-state index in [1.165, 1.54) is 16.4 Å². The second-order valence-corrected chi connectivity index (χ2v) is 3.12. The molecule has 0 N–H and O–H groups in total. The molecule has 1 aromatic heterocycles. The maximum absolute atomic E-state index is 4.89. The highest BCUT2D eigenvalue weighted by Gasteiger charge is 1.97. The van der Waals surface area contributed by atoms with Crippen molar-refractivity contribution in [1.29, 1.82) is 0 Å². The van der Waals surface area contributed by atoms with Gasteiger partial charge in [-0.3, -0.25) is 0 Å². The second kappa shape index (κ2) is 3.36. The van der Waals surface area contributed by atoms with Gasteiger partial charge in [0.25, 0.3) is 0 Å². The number of ether oxygens (including phenoxy) is 1. The van der Waals surface area contributed by atoms with Crippen LogP contribution < -0.4 is 4.74 Å². The lowest BCUT2D eigenvalue weighted by Gasteiger charge is -1.85. The third kappa shape index (κ3) is 1.79. The Bertz CT molecular complexity index is 170. The Morgan fingerprint density at radius 1 is 1.89 bits per heavy atom. The van der Waals surface area contributed by atoms with Gasteiger partial charge in [-0.1, -0.05) is 22.6 Å². The first-order valence-electron chi connectivity index (χ1n) is 2.42. The van der Waals surface area contributed by atoms with Crippen molar-refractivity contribution in [2.45, 2.75) is 4.43 Å². The van der Waals surface area contributed by atoms with E-state index in [-0.39, 0.29) is 0 Å². The lowest BCUT2D eigenvalue weighted by atomic mass is 10.5. The standard InChI is InChI=1S/C5H6INOS/c1-8-5-2-4(3-6)9-7-5/h2H,3H2,1H3.